The van der Waals surface area contributed by atoms with Crippen molar-refractivity contribution in [2.45, 2.75) is 0 Å². The van der Waals surface area contributed by atoms with Crippen LogP contribution in [-0.4, -0.2) is 4.98 Å². The van der Waals surface area contributed by atoms with Crippen LogP contribution in [0, 0.1) is 0 Å². The maximum atomic E-state index is 6.07. The van der Waals surface area contributed by atoms with Crippen LogP contribution in [0.5, 0.6) is 0 Å². The van der Waals surface area contributed by atoms with Crippen molar-refractivity contribution in [1.82, 2.24) is 4.98 Å². The molecule has 1 aromatic carbocycles. The number of benzene rings is 1. The average molecular weight is 290 g/mol. The molecule has 2 rings (SSSR count). The van der Waals surface area contributed by atoms with Gasteiger partial charge in [0.05, 0.1) is 10.5 Å². The number of rotatable bonds is 1. The summed E-state index contributed by atoms with van der Waals surface area (Å²) in [6.07, 6.45) is 0. The van der Waals surface area contributed by atoms with Gasteiger partial charge in [-0.3, -0.25) is 0 Å². The number of nitrogens with zero attached hydrogens (tertiary/aromatic N) is 1. The second-order valence-corrected chi connectivity index (χ2v) is 4.90. The first-order valence-corrected chi connectivity index (χ1v) is 5.88. The lowest BCUT2D eigenvalue weighted by molar-refractivity contribution is 1.41. The van der Waals surface area contributed by atoms with Crippen LogP contribution in [0.15, 0.2) is 28.2 Å². The molecule has 72 valence electrons. The zero-order valence-corrected chi connectivity index (χ0v) is 10.2. The highest BCUT2D eigenvalue weighted by Gasteiger charge is 2.09. The lowest BCUT2D eigenvalue weighted by atomic mass is 10.2. The molecule has 0 spiro atoms. The van der Waals surface area contributed by atoms with Crippen molar-refractivity contribution in [2.75, 3.05) is 5.73 Å². The summed E-state index contributed by atoms with van der Waals surface area (Å²) in [6, 6.07) is 5.65. The molecular formula is C9H6BrClN2S. The van der Waals surface area contributed by atoms with E-state index in [-0.39, 0.29) is 0 Å². The molecule has 0 saturated carbocycles. The molecule has 0 aliphatic heterocycles. The first-order valence-electron chi connectivity index (χ1n) is 3.83. The van der Waals surface area contributed by atoms with Crippen LogP contribution >= 0.6 is 38.9 Å². The van der Waals surface area contributed by atoms with Crippen LogP contribution in [-0.2, 0) is 0 Å². The molecule has 14 heavy (non-hydrogen) atoms. The predicted molar refractivity (Wildman–Crippen MR) is 64.7 cm³/mol. The molecule has 1 aromatic heterocycles. The number of thiazole rings is 1. The van der Waals surface area contributed by atoms with Crippen LogP contribution in [0.1, 0.15) is 0 Å². The quantitative estimate of drug-likeness (QED) is 0.867. The van der Waals surface area contributed by atoms with E-state index in [9.17, 15) is 0 Å². The molecule has 5 heteroatoms. The number of aromatic nitrogens is 1. The van der Waals surface area contributed by atoms with E-state index in [1.807, 2.05) is 18.2 Å². The van der Waals surface area contributed by atoms with Crippen molar-refractivity contribution in [3.05, 3.63) is 33.2 Å². The van der Waals surface area contributed by atoms with Crippen molar-refractivity contribution in [1.29, 1.82) is 0 Å². The van der Waals surface area contributed by atoms with Crippen molar-refractivity contribution in [3.63, 3.8) is 0 Å². The summed E-state index contributed by atoms with van der Waals surface area (Å²) in [5.74, 6) is 0. The van der Waals surface area contributed by atoms with Gasteiger partial charge < -0.3 is 5.73 Å². The Morgan fingerprint density at radius 3 is 2.79 bits per heavy atom. The molecule has 0 bridgehead atoms. The van der Waals surface area contributed by atoms with Crippen LogP contribution in [0.2, 0.25) is 5.02 Å². The van der Waals surface area contributed by atoms with Gasteiger partial charge in [-0.15, -0.1) is 11.3 Å². The molecule has 0 aliphatic rings. The third-order valence-electron chi connectivity index (χ3n) is 1.78. The first kappa shape index (κ1) is 9.96. The Bertz CT molecular complexity index is 470. The fourth-order valence-corrected chi connectivity index (χ4v) is 2.45. The Hall–Kier alpha value is -0.580. The standard InChI is InChI=1S/C9H6BrClN2S/c10-5-1-2-6(7(11)3-5)8-9(12)14-4-13-8/h1-4H,12H2. The normalized spacial score (nSPS) is 10.4. The van der Waals surface area contributed by atoms with E-state index < -0.39 is 0 Å². The number of nitrogen functional groups attached to an aromatic ring is 1. The van der Waals surface area contributed by atoms with Gasteiger partial charge in [0.1, 0.15) is 10.7 Å². The van der Waals surface area contributed by atoms with E-state index >= 15 is 0 Å². The average Bonchev–Trinajstić information content (AvgIpc) is 2.52. The molecule has 1 heterocycles. The summed E-state index contributed by atoms with van der Waals surface area (Å²) in [5, 5.41) is 1.34. The fraction of sp³-hybridized carbons (Fsp3) is 0. The topological polar surface area (TPSA) is 38.9 Å². The molecule has 0 fully saturated rings. The van der Waals surface area contributed by atoms with E-state index in [1.54, 1.807) is 5.51 Å². The Morgan fingerprint density at radius 1 is 1.43 bits per heavy atom. The van der Waals surface area contributed by atoms with Crippen LogP contribution in [0.25, 0.3) is 11.3 Å². The maximum absolute atomic E-state index is 6.07. The van der Waals surface area contributed by atoms with Gasteiger partial charge in [0, 0.05) is 10.0 Å². The Morgan fingerprint density at radius 2 is 2.21 bits per heavy atom. The van der Waals surface area contributed by atoms with E-state index in [2.05, 4.69) is 20.9 Å². The summed E-state index contributed by atoms with van der Waals surface area (Å²) in [5.41, 5.74) is 9.10. The molecule has 2 nitrogen and oxygen atoms in total. The van der Waals surface area contributed by atoms with E-state index in [0.717, 1.165) is 15.7 Å². The minimum Gasteiger partial charge on any atom is -0.389 e. The predicted octanol–water partition coefficient (Wildman–Crippen LogP) is 3.81. The molecule has 0 atom stereocenters. The van der Waals surface area contributed by atoms with Gasteiger partial charge in [-0.2, -0.15) is 0 Å². The number of hydrogen-bond acceptors (Lipinski definition) is 3. The lowest BCUT2D eigenvalue weighted by Crippen LogP contribution is -1.86. The van der Waals surface area contributed by atoms with Crippen LogP contribution < -0.4 is 5.73 Å². The van der Waals surface area contributed by atoms with Crippen molar-refractivity contribution in [3.8, 4) is 11.3 Å². The van der Waals surface area contributed by atoms with E-state index in [0.29, 0.717) is 10.0 Å². The zero-order chi connectivity index (χ0) is 10.1. The van der Waals surface area contributed by atoms with E-state index in [1.165, 1.54) is 11.3 Å². The van der Waals surface area contributed by atoms with Gasteiger partial charge >= 0.3 is 0 Å². The zero-order valence-electron chi connectivity index (χ0n) is 7.00. The molecule has 2 N–H and O–H groups in total. The Labute approximate surface area is 98.9 Å². The smallest absolute Gasteiger partial charge is 0.114 e. The fourth-order valence-electron chi connectivity index (χ4n) is 1.14. The van der Waals surface area contributed by atoms with Gasteiger partial charge in [0.25, 0.3) is 0 Å². The number of anilines is 1. The molecule has 0 radical (unpaired) electrons. The summed E-state index contributed by atoms with van der Waals surface area (Å²) >= 11 is 10.8. The Kier molecular flexibility index (Phi) is 2.76. The first-order chi connectivity index (χ1) is 6.68. The summed E-state index contributed by atoms with van der Waals surface area (Å²) < 4.78 is 0.944. The summed E-state index contributed by atoms with van der Waals surface area (Å²) in [4.78, 5) is 4.17. The van der Waals surface area contributed by atoms with Gasteiger partial charge in [-0.05, 0) is 12.1 Å². The van der Waals surface area contributed by atoms with Crippen molar-refractivity contribution in [2.24, 2.45) is 0 Å². The molecule has 0 unspecified atom stereocenters. The highest BCUT2D eigenvalue weighted by Crippen LogP contribution is 2.34. The van der Waals surface area contributed by atoms with Crippen molar-refractivity contribution < 1.29 is 0 Å². The van der Waals surface area contributed by atoms with Crippen LogP contribution in [0.3, 0.4) is 0 Å². The monoisotopic (exact) mass is 288 g/mol. The third kappa shape index (κ3) is 1.78. The second kappa shape index (κ2) is 3.88. The number of halogens is 2. The second-order valence-electron chi connectivity index (χ2n) is 2.69. The molecule has 0 aliphatic carbocycles. The largest absolute Gasteiger partial charge is 0.389 e. The SMILES string of the molecule is Nc1scnc1-c1ccc(Br)cc1Cl. The lowest BCUT2D eigenvalue weighted by Gasteiger charge is -2.02. The third-order valence-corrected chi connectivity index (χ3v) is 3.25. The van der Waals surface area contributed by atoms with Gasteiger partial charge in [0.2, 0.25) is 0 Å². The van der Waals surface area contributed by atoms with Crippen LogP contribution in [0.4, 0.5) is 5.00 Å². The van der Waals surface area contributed by atoms with Gasteiger partial charge in [-0.25, -0.2) is 4.98 Å². The molecule has 0 saturated heterocycles. The minimum absolute atomic E-state index is 0.650. The number of hydrogen-bond donors (Lipinski definition) is 1. The highest BCUT2D eigenvalue weighted by molar-refractivity contribution is 9.10. The van der Waals surface area contributed by atoms with Gasteiger partial charge in [0.15, 0.2) is 0 Å². The Balaban J connectivity index is 2.58. The van der Waals surface area contributed by atoms with Crippen molar-refractivity contribution >= 4 is 43.9 Å². The van der Waals surface area contributed by atoms with E-state index in [4.69, 9.17) is 17.3 Å². The number of nitrogens with two attached hydrogens (primary N) is 1. The minimum atomic E-state index is 0.650. The molecule has 2 aromatic rings. The summed E-state index contributed by atoms with van der Waals surface area (Å²) in [7, 11) is 0. The molecular weight excluding hydrogens is 284 g/mol. The van der Waals surface area contributed by atoms with Gasteiger partial charge in [-0.1, -0.05) is 33.6 Å². The molecule has 0 amide bonds. The maximum Gasteiger partial charge on any atom is 0.114 e. The highest BCUT2D eigenvalue weighted by atomic mass is 79.9. The summed E-state index contributed by atoms with van der Waals surface area (Å²) in [6.45, 7) is 0.